The Hall–Kier alpha value is -1.48. The number of benzene rings is 1. The Balaban J connectivity index is 2.05. The quantitative estimate of drug-likeness (QED) is 0.898. The minimum absolute atomic E-state index is 0.151. The molecule has 1 aliphatic carbocycles. The summed E-state index contributed by atoms with van der Waals surface area (Å²) in [5.41, 5.74) is 2.72. The SMILES string of the molecule is COc1ccc(C23CCC(O)=CC2N(C)CC3)cc1C. The fraction of sp³-hybridized carbons (Fsp3) is 0.529. The first-order chi connectivity index (χ1) is 9.56. The number of aliphatic hydroxyl groups excluding tert-OH is 1. The number of hydrogen-bond donors (Lipinski definition) is 1. The van der Waals surface area contributed by atoms with Crippen LogP contribution in [-0.4, -0.2) is 36.8 Å². The van der Waals surface area contributed by atoms with Crippen LogP contribution in [0.15, 0.2) is 30.0 Å². The minimum Gasteiger partial charge on any atom is -0.513 e. The second kappa shape index (κ2) is 4.81. The summed E-state index contributed by atoms with van der Waals surface area (Å²) in [7, 11) is 3.87. The summed E-state index contributed by atoms with van der Waals surface area (Å²) in [5, 5.41) is 9.89. The molecular weight excluding hydrogens is 250 g/mol. The number of aryl methyl sites for hydroxylation is 1. The normalized spacial score (nSPS) is 29.9. The summed E-state index contributed by atoms with van der Waals surface area (Å²) >= 11 is 0. The van der Waals surface area contributed by atoms with Crippen molar-refractivity contribution < 1.29 is 9.84 Å². The Morgan fingerprint density at radius 3 is 2.85 bits per heavy atom. The standard InChI is InChI=1S/C17H23NO2/c1-12-10-13(4-5-15(12)20-3)17-7-6-14(19)11-16(17)18(2)9-8-17/h4-5,10-11,16,19H,6-9H2,1-3H3. The van der Waals surface area contributed by atoms with E-state index in [0.717, 1.165) is 31.6 Å². The Bertz CT molecular complexity index is 552. The molecule has 1 heterocycles. The van der Waals surface area contributed by atoms with Crippen LogP contribution in [0.3, 0.4) is 0 Å². The molecule has 1 fully saturated rings. The Morgan fingerprint density at radius 2 is 2.15 bits per heavy atom. The van der Waals surface area contributed by atoms with Crippen molar-refractivity contribution in [2.24, 2.45) is 0 Å². The third-order valence-corrected chi connectivity index (χ3v) is 5.10. The van der Waals surface area contributed by atoms with Crippen LogP contribution >= 0.6 is 0 Å². The van der Waals surface area contributed by atoms with E-state index >= 15 is 0 Å². The van der Waals surface area contributed by atoms with Gasteiger partial charge < -0.3 is 9.84 Å². The highest BCUT2D eigenvalue weighted by Gasteiger charge is 2.48. The van der Waals surface area contributed by atoms with Crippen molar-refractivity contribution >= 4 is 0 Å². The zero-order chi connectivity index (χ0) is 14.3. The molecule has 2 unspecified atom stereocenters. The Morgan fingerprint density at radius 1 is 1.35 bits per heavy atom. The van der Waals surface area contributed by atoms with Gasteiger partial charge in [-0.2, -0.15) is 0 Å². The van der Waals surface area contributed by atoms with Crippen molar-refractivity contribution in [2.75, 3.05) is 20.7 Å². The van der Waals surface area contributed by atoms with Gasteiger partial charge in [0.25, 0.3) is 0 Å². The number of allylic oxidation sites excluding steroid dienone is 1. The van der Waals surface area contributed by atoms with Gasteiger partial charge in [-0.05, 0) is 56.6 Å². The number of fused-ring (bicyclic) bond motifs is 1. The van der Waals surface area contributed by atoms with E-state index in [1.807, 2.05) is 0 Å². The summed E-state index contributed by atoms with van der Waals surface area (Å²) in [6.07, 6.45) is 5.02. The first kappa shape index (κ1) is 13.5. The van der Waals surface area contributed by atoms with E-state index in [0.29, 0.717) is 11.8 Å². The van der Waals surface area contributed by atoms with Crippen LogP contribution in [0, 0.1) is 6.92 Å². The molecule has 2 aliphatic rings. The highest BCUT2D eigenvalue weighted by molar-refractivity contribution is 5.42. The second-order valence-electron chi connectivity index (χ2n) is 6.17. The van der Waals surface area contributed by atoms with Crippen molar-refractivity contribution in [3.63, 3.8) is 0 Å². The minimum atomic E-state index is 0.151. The lowest BCUT2D eigenvalue weighted by atomic mass is 9.68. The molecule has 1 saturated heterocycles. The number of rotatable bonds is 2. The third kappa shape index (κ3) is 1.92. The van der Waals surface area contributed by atoms with Crippen molar-refractivity contribution in [1.29, 1.82) is 0 Å². The molecule has 1 aromatic rings. The third-order valence-electron chi connectivity index (χ3n) is 5.10. The summed E-state index contributed by atoms with van der Waals surface area (Å²) in [4.78, 5) is 2.36. The molecular formula is C17H23NO2. The van der Waals surface area contributed by atoms with Crippen LogP contribution in [0.25, 0.3) is 0 Å². The van der Waals surface area contributed by atoms with Crippen LogP contribution in [0.4, 0.5) is 0 Å². The van der Waals surface area contributed by atoms with Gasteiger partial charge in [0.05, 0.1) is 12.9 Å². The summed E-state index contributed by atoms with van der Waals surface area (Å²) < 4.78 is 5.37. The fourth-order valence-electron chi connectivity index (χ4n) is 3.91. The van der Waals surface area contributed by atoms with Gasteiger partial charge in [0.2, 0.25) is 0 Å². The number of hydrogen-bond acceptors (Lipinski definition) is 3. The molecule has 3 heteroatoms. The molecule has 1 N–H and O–H groups in total. The van der Waals surface area contributed by atoms with Crippen molar-refractivity contribution in [1.82, 2.24) is 4.90 Å². The lowest BCUT2D eigenvalue weighted by molar-refractivity contribution is 0.236. The van der Waals surface area contributed by atoms with Gasteiger partial charge in [-0.1, -0.05) is 12.1 Å². The highest BCUT2D eigenvalue weighted by atomic mass is 16.5. The zero-order valence-corrected chi connectivity index (χ0v) is 12.5. The van der Waals surface area contributed by atoms with Gasteiger partial charge in [-0.25, -0.2) is 0 Å². The van der Waals surface area contributed by atoms with Crippen LogP contribution in [0.2, 0.25) is 0 Å². The van der Waals surface area contributed by atoms with Gasteiger partial charge in [-0.3, -0.25) is 4.90 Å². The molecule has 2 atom stereocenters. The monoisotopic (exact) mass is 273 g/mol. The van der Waals surface area contributed by atoms with Gasteiger partial charge in [0, 0.05) is 17.9 Å². The number of nitrogens with zero attached hydrogens (tertiary/aromatic N) is 1. The molecule has 108 valence electrons. The molecule has 3 nitrogen and oxygen atoms in total. The van der Waals surface area contributed by atoms with Crippen LogP contribution in [-0.2, 0) is 5.41 Å². The van der Waals surface area contributed by atoms with Gasteiger partial charge >= 0.3 is 0 Å². The van der Waals surface area contributed by atoms with E-state index in [-0.39, 0.29) is 5.41 Å². The zero-order valence-electron chi connectivity index (χ0n) is 12.5. The van der Waals surface area contributed by atoms with Crippen LogP contribution < -0.4 is 4.74 Å². The molecule has 0 saturated carbocycles. The second-order valence-corrected chi connectivity index (χ2v) is 6.17. The first-order valence-corrected chi connectivity index (χ1v) is 7.32. The summed E-state index contributed by atoms with van der Waals surface area (Å²) in [6.45, 7) is 3.18. The Labute approximate surface area is 120 Å². The van der Waals surface area contributed by atoms with E-state index in [4.69, 9.17) is 4.74 Å². The molecule has 0 aromatic heterocycles. The molecule has 0 radical (unpaired) electrons. The molecule has 3 rings (SSSR count). The number of likely N-dealkylation sites (tertiary alicyclic amines) is 1. The van der Waals surface area contributed by atoms with Gasteiger partial charge in [0.1, 0.15) is 5.75 Å². The predicted octanol–water partition coefficient (Wildman–Crippen LogP) is 3.18. The lowest BCUT2D eigenvalue weighted by Crippen LogP contribution is -2.42. The maximum atomic E-state index is 9.89. The van der Waals surface area contributed by atoms with E-state index in [2.05, 4.69) is 43.1 Å². The molecule has 1 aromatic carbocycles. The van der Waals surface area contributed by atoms with Crippen molar-refractivity contribution in [2.45, 2.75) is 37.6 Å². The lowest BCUT2D eigenvalue weighted by Gasteiger charge is -2.39. The van der Waals surface area contributed by atoms with Crippen LogP contribution in [0.5, 0.6) is 5.75 Å². The van der Waals surface area contributed by atoms with Crippen molar-refractivity contribution in [3.05, 3.63) is 41.2 Å². The molecule has 0 spiro atoms. The first-order valence-electron chi connectivity index (χ1n) is 7.32. The number of likely N-dealkylation sites (N-methyl/N-ethyl adjacent to an activating group) is 1. The highest BCUT2D eigenvalue weighted by Crippen LogP contribution is 2.47. The van der Waals surface area contributed by atoms with E-state index in [1.165, 1.54) is 11.1 Å². The van der Waals surface area contributed by atoms with Crippen molar-refractivity contribution in [3.8, 4) is 5.75 Å². The van der Waals surface area contributed by atoms with E-state index in [9.17, 15) is 5.11 Å². The maximum Gasteiger partial charge on any atom is 0.121 e. The van der Waals surface area contributed by atoms with E-state index in [1.54, 1.807) is 7.11 Å². The molecule has 1 aliphatic heterocycles. The smallest absolute Gasteiger partial charge is 0.121 e. The number of ether oxygens (including phenoxy) is 1. The van der Waals surface area contributed by atoms with Gasteiger partial charge in [-0.15, -0.1) is 0 Å². The summed E-state index contributed by atoms with van der Waals surface area (Å²) in [5.74, 6) is 1.49. The summed E-state index contributed by atoms with van der Waals surface area (Å²) in [6, 6.07) is 6.85. The fourth-order valence-corrected chi connectivity index (χ4v) is 3.91. The van der Waals surface area contributed by atoms with Crippen LogP contribution in [0.1, 0.15) is 30.4 Å². The molecule has 20 heavy (non-hydrogen) atoms. The largest absolute Gasteiger partial charge is 0.513 e. The van der Waals surface area contributed by atoms with Gasteiger partial charge in [0.15, 0.2) is 0 Å². The average Bonchev–Trinajstić information content (AvgIpc) is 2.77. The number of methoxy groups -OCH3 is 1. The predicted molar refractivity (Wildman–Crippen MR) is 80.4 cm³/mol. The molecule has 0 amide bonds. The number of aliphatic hydroxyl groups is 1. The maximum absolute atomic E-state index is 9.89. The Kier molecular flexibility index (Phi) is 3.25. The average molecular weight is 273 g/mol. The topological polar surface area (TPSA) is 32.7 Å². The molecule has 0 bridgehead atoms. The van der Waals surface area contributed by atoms with E-state index < -0.39 is 0 Å².